The zero-order valence-corrected chi connectivity index (χ0v) is 16.5. The monoisotopic (exact) mass is 411 g/mol. The van der Waals surface area contributed by atoms with E-state index in [0.717, 1.165) is 52.0 Å². The third-order valence-corrected chi connectivity index (χ3v) is 6.20. The SMILES string of the molecule is O=C(O)CCCCCNc1ccc2ccc3c(S(=O)(=O)O)ccc4ccc1c2c43. The Labute approximate surface area is 168 Å². The second-order valence-corrected chi connectivity index (χ2v) is 8.60. The van der Waals surface area contributed by atoms with Crippen LogP contribution in [-0.4, -0.2) is 30.6 Å². The molecule has 4 aromatic rings. The Bertz CT molecular complexity index is 1310. The fraction of sp³-hybridized carbons (Fsp3) is 0.227. The van der Waals surface area contributed by atoms with Gasteiger partial charge in [0.15, 0.2) is 0 Å². The van der Waals surface area contributed by atoms with Crippen molar-refractivity contribution < 1.29 is 22.9 Å². The molecular weight excluding hydrogens is 390 g/mol. The largest absolute Gasteiger partial charge is 0.481 e. The Morgan fingerprint density at radius 1 is 0.828 bits per heavy atom. The maximum Gasteiger partial charge on any atom is 0.303 e. The van der Waals surface area contributed by atoms with Crippen LogP contribution >= 0.6 is 0 Å². The number of hydrogen-bond donors (Lipinski definition) is 3. The molecule has 0 heterocycles. The molecule has 0 aliphatic heterocycles. The van der Waals surface area contributed by atoms with Crippen LogP contribution in [0.1, 0.15) is 25.7 Å². The summed E-state index contributed by atoms with van der Waals surface area (Å²) >= 11 is 0. The molecule has 0 saturated heterocycles. The Balaban J connectivity index is 1.72. The molecule has 0 saturated carbocycles. The third kappa shape index (κ3) is 3.71. The minimum absolute atomic E-state index is 0.0869. The third-order valence-electron chi connectivity index (χ3n) is 5.29. The number of unbranched alkanes of at least 4 members (excludes halogenated alkanes) is 2. The van der Waals surface area contributed by atoms with Gasteiger partial charge in [0.2, 0.25) is 0 Å². The van der Waals surface area contributed by atoms with E-state index in [2.05, 4.69) is 5.32 Å². The van der Waals surface area contributed by atoms with Crippen molar-refractivity contribution in [3.05, 3.63) is 48.5 Å². The molecule has 0 aromatic heterocycles. The van der Waals surface area contributed by atoms with Gasteiger partial charge in [-0.1, -0.05) is 42.8 Å². The van der Waals surface area contributed by atoms with Crippen molar-refractivity contribution in [2.24, 2.45) is 0 Å². The number of aliphatic carboxylic acids is 1. The van der Waals surface area contributed by atoms with E-state index in [1.807, 2.05) is 30.3 Å². The van der Waals surface area contributed by atoms with Gasteiger partial charge in [0.25, 0.3) is 10.1 Å². The lowest BCUT2D eigenvalue weighted by Gasteiger charge is -2.16. The zero-order chi connectivity index (χ0) is 20.6. The summed E-state index contributed by atoms with van der Waals surface area (Å²) in [6.07, 6.45) is 2.55. The highest BCUT2D eigenvalue weighted by Crippen LogP contribution is 2.39. The van der Waals surface area contributed by atoms with Crippen LogP contribution in [0.15, 0.2) is 53.4 Å². The van der Waals surface area contributed by atoms with E-state index in [-0.39, 0.29) is 11.3 Å². The van der Waals surface area contributed by atoms with E-state index in [1.54, 1.807) is 12.1 Å². The molecule has 7 heteroatoms. The highest BCUT2D eigenvalue weighted by Gasteiger charge is 2.18. The van der Waals surface area contributed by atoms with Gasteiger partial charge >= 0.3 is 5.97 Å². The standard InChI is InChI=1S/C22H21NO5S/c24-20(25)4-2-1-3-13-23-18-11-7-14-6-10-17-19(29(26,27)28)12-8-15-5-9-16(18)21(14)22(15)17/h5-12,23H,1-4,13H2,(H,24,25)(H,26,27,28). The van der Waals surface area contributed by atoms with Crippen molar-refractivity contribution in [1.29, 1.82) is 0 Å². The number of nitrogens with one attached hydrogen (secondary N) is 1. The van der Waals surface area contributed by atoms with E-state index in [1.165, 1.54) is 6.07 Å². The lowest BCUT2D eigenvalue weighted by Crippen LogP contribution is -2.03. The molecule has 29 heavy (non-hydrogen) atoms. The van der Waals surface area contributed by atoms with Crippen molar-refractivity contribution in [2.75, 3.05) is 11.9 Å². The van der Waals surface area contributed by atoms with E-state index < -0.39 is 16.1 Å². The summed E-state index contributed by atoms with van der Waals surface area (Å²) in [6.45, 7) is 0.722. The molecule has 4 aromatic carbocycles. The fourth-order valence-corrected chi connectivity index (χ4v) is 4.64. The smallest absolute Gasteiger partial charge is 0.303 e. The Morgan fingerprint density at radius 2 is 1.45 bits per heavy atom. The maximum atomic E-state index is 11.8. The van der Waals surface area contributed by atoms with Crippen LogP contribution in [0.3, 0.4) is 0 Å². The number of carbonyl (C=O) groups is 1. The summed E-state index contributed by atoms with van der Waals surface area (Å²) in [5.41, 5.74) is 0.947. The summed E-state index contributed by atoms with van der Waals surface area (Å²) in [4.78, 5) is 10.5. The minimum atomic E-state index is -4.32. The van der Waals surface area contributed by atoms with Gasteiger partial charge in [0, 0.05) is 29.4 Å². The van der Waals surface area contributed by atoms with Gasteiger partial charge in [-0.15, -0.1) is 0 Å². The van der Waals surface area contributed by atoms with Crippen molar-refractivity contribution in [2.45, 2.75) is 30.6 Å². The molecule has 0 atom stereocenters. The molecule has 0 aliphatic rings. The number of rotatable bonds is 8. The molecule has 0 bridgehead atoms. The topological polar surface area (TPSA) is 104 Å². The fourth-order valence-electron chi connectivity index (χ4n) is 3.95. The molecule has 0 fully saturated rings. The van der Waals surface area contributed by atoms with Crippen LogP contribution < -0.4 is 5.32 Å². The molecule has 0 radical (unpaired) electrons. The van der Waals surface area contributed by atoms with Crippen LogP contribution in [0.25, 0.3) is 32.3 Å². The van der Waals surface area contributed by atoms with Crippen molar-refractivity contribution >= 4 is 54.1 Å². The van der Waals surface area contributed by atoms with E-state index in [9.17, 15) is 17.8 Å². The molecule has 3 N–H and O–H groups in total. The normalized spacial score (nSPS) is 12.2. The zero-order valence-electron chi connectivity index (χ0n) is 15.7. The molecule has 0 aliphatic carbocycles. The van der Waals surface area contributed by atoms with Gasteiger partial charge in [-0.2, -0.15) is 8.42 Å². The second-order valence-electron chi connectivity index (χ2n) is 7.21. The summed E-state index contributed by atoms with van der Waals surface area (Å²) in [6, 6.07) is 14.7. The number of carboxylic acids is 1. The lowest BCUT2D eigenvalue weighted by atomic mass is 9.93. The summed E-state index contributed by atoms with van der Waals surface area (Å²) < 4.78 is 33.3. The number of anilines is 1. The average Bonchev–Trinajstić information content (AvgIpc) is 2.68. The van der Waals surface area contributed by atoms with Gasteiger partial charge in [-0.3, -0.25) is 9.35 Å². The highest BCUT2D eigenvalue weighted by atomic mass is 32.2. The molecule has 4 rings (SSSR count). The van der Waals surface area contributed by atoms with Gasteiger partial charge in [0.1, 0.15) is 4.90 Å². The van der Waals surface area contributed by atoms with Gasteiger partial charge in [0.05, 0.1) is 0 Å². The van der Waals surface area contributed by atoms with Gasteiger partial charge < -0.3 is 10.4 Å². The Kier molecular flexibility index (Phi) is 5.02. The quantitative estimate of drug-likeness (QED) is 0.217. The van der Waals surface area contributed by atoms with Crippen LogP contribution in [0.5, 0.6) is 0 Å². The summed E-state index contributed by atoms with van der Waals surface area (Å²) in [5, 5.41) is 17.3. The average molecular weight is 411 g/mol. The first-order valence-electron chi connectivity index (χ1n) is 9.50. The Morgan fingerprint density at radius 3 is 2.14 bits per heavy atom. The molecule has 6 nitrogen and oxygen atoms in total. The van der Waals surface area contributed by atoms with Gasteiger partial charge in [-0.05, 0) is 46.5 Å². The van der Waals surface area contributed by atoms with Crippen molar-refractivity contribution in [3.8, 4) is 0 Å². The first kappa shape index (κ1) is 19.4. The Hall–Kier alpha value is -2.90. The summed E-state index contributed by atoms with van der Waals surface area (Å²) in [5.74, 6) is -0.769. The molecule has 150 valence electrons. The predicted octanol–water partition coefficient (Wildman–Crippen LogP) is 4.89. The summed E-state index contributed by atoms with van der Waals surface area (Å²) in [7, 11) is -4.32. The van der Waals surface area contributed by atoms with Crippen LogP contribution in [0, 0.1) is 0 Å². The molecule has 0 unspecified atom stereocenters. The van der Waals surface area contributed by atoms with Gasteiger partial charge in [-0.25, -0.2) is 0 Å². The number of benzene rings is 4. The number of hydrogen-bond acceptors (Lipinski definition) is 4. The maximum absolute atomic E-state index is 11.8. The first-order valence-corrected chi connectivity index (χ1v) is 10.9. The van der Waals surface area contributed by atoms with Crippen LogP contribution in [-0.2, 0) is 14.9 Å². The minimum Gasteiger partial charge on any atom is -0.481 e. The second kappa shape index (κ2) is 7.50. The molecule has 0 amide bonds. The van der Waals surface area contributed by atoms with Crippen molar-refractivity contribution in [3.63, 3.8) is 0 Å². The first-order chi connectivity index (χ1) is 13.9. The lowest BCUT2D eigenvalue weighted by molar-refractivity contribution is -0.137. The van der Waals surface area contributed by atoms with Crippen LogP contribution in [0.2, 0.25) is 0 Å². The highest BCUT2D eigenvalue weighted by molar-refractivity contribution is 7.86. The van der Waals surface area contributed by atoms with Crippen molar-refractivity contribution in [1.82, 2.24) is 0 Å². The van der Waals surface area contributed by atoms with E-state index >= 15 is 0 Å². The molecular formula is C22H21NO5S. The predicted molar refractivity (Wildman–Crippen MR) is 115 cm³/mol. The molecule has 0 spiro atoms. The van der Waals surface area contributed by atoms with E-state index in [0.29, 0.717) is 11.8 Å². The van der Waals surface area contributed by atoms with E-state index in [4.69, 9.17) is 5.11 Å². The van der Waals surface area contributed by atoms with Crippen LogP contribution in [0.4, 0.5) is 5.69 Å². The number of carboxylic acid groups (broad SMARTS) is 1.